The van der Waals surface area contributed by atoms with Gasteiger partial charge in [-0.2, -0.15) is 0 Å². The maximum Gasteiger partial charge on any atom is 0.335 e. The van der Waals surface area contributed by atoms with E-state index < -0.39 is 5.97 Å². The van der Waals surface area contributed by atoms with Crippen molar-refractivity contribution in [2.24, 2.45) is 0 Å². The Morgan fingerprint density at radius 2 is 1.46 bits per heavy atom. The Labute approximate surface area is 140 Å². The zero-order chi connectivity index (χ0) is 17.5. The average molecular weight is 328 g/mol. The van der Waals surface area contributed by atoms with E-state index in [1.807, 2.05) is 26.0 Å². The Hall–Kier alpha value is -2.95. The van der Waals surface area contributed by atoms with E-state index >= 15 is 0 Å². The van der Waals surface area contributed by atoms with Crippen molar-refractivity contribution in [1.82, 2.24) is 0 Å². The quantitative estimate of drug-likeness (QED) is 0.750. The lowest BCUT2D eigenvalue weighted by Gasteiger charge is -2.12. The Morgan fingerprint density at radius 3 is 1.92 bits per heavy atom. The van der Waals surface area contributed by atoms with Gasteiger partial charge < -0.3 is 19.7 Å². The molecule has 0 amide bonds. The van der Waals surface area contributed by atoms with E-state index in [-0.39, 0.29) is 11.3 Å². The van der Waals surface area contributed by atoms with E-state index in [9.17, 15) is 9.90 Å². The van der Waals surface area contributed by atoms with Gasteiger partial charge in [-0.3, -0.25) is 0 Å². The molecule has 0 aliphatic rings. The van der Waals surface area contributed by atoms with Crippen LogP contribution in [0.5, 0.6) is 17.2 Å². The van der Waals surface area contributed by atoms with Crippen molar-refractivity contribution in [3.05, 3.63) is 53.1 Å². The summed E-state index contributed by atoms with van der Waals surface area (Å²) in [5.74, 6) is -0.234. The molecule has 2 N–H and O–H groups in total. The fourth-order valence-electron chi connectivity index (χ4n) is 2.16. The van der Waals surface area contributed by atoms with Crippen LogP contribution in [0.2, 0.25) is 0 Å². The number of rotatable bonds is 7. The van der Waals surface area contributed by atoms with E-state index in [0.29, 0.717) is 24.7 Å². The molecule has 2 rings (SSSR count). The molecule has 0 atom stereocenters. The minimum absolute atomic E-state index is 0.0124. The smallest absolute Gasteiger partial charge is 0.335 e. The maximum atomic E-state index is 10.9. The highest BCUT2D eigenvalue weighted by atomic mass is 16.5. The number of hydrogen-bond acceptors (Lipinski definition) is 4. The van der Waals surface area contributed by atoms with Crippen molar-refractivity contribution in [1.29, 1.82) is 0 Å². The van der Waals surface area contributed by atoms with Crippen LogP contribution in [0.15, 0.2) is 36.4 Å². The molecule has 0 unspecified atom stereocenters. The van der Waals surface area contributed by atoms with Crippen molar-refractivity contribution in [2.45, 2.75) is 13.8 Å². The van der Waals surface area contributed by atoms with Crippen LogP contribution < -0.4 is 9.47 Å². The molecule has 5 heteroatoms. The summed E-state index contributed by atoms with van der Waals surface area (Å²) < 4.78 is 10.9. The first-order valence-electron chi connectivity index (χ1n) is 7.69. The van der Waals surface area contributed by atoms with Crippen LogP contribution in [0.1, 0.15) is 35.3 Å². The summed E-state index contributed by atoms with van der Waals surface area (Å²) in [7, 11) is 0. The molecule has 0 radical (unpaired) electrons. The van der Waals surface area contributed by atoms with Crippen molar-refractivity contribution in [3.8, 4) is 17.2 Å². The number of benzene rings is 2. The number of hydrogen-bond donors (Lipinski definition) is 2. The van der Waals surface area contributed by atoms with Crippen molar-refractivity contribution < 1.29 is 24.5 Å². The van der Waals surface area contributed by atoms with Gasteiger partial charge in [0.25, 0.3) is 0 Å². The molecule has 0 bridgehead atoms. The second kappa shape index (κ2) is 8.06. The summed E-state index contributed by atoms with van der Waals surface area (Å²) in [6.07, 6.45) is 3.70. The Bertz CT molecular complexity index is 705. The summed E-state index contributed by atoms with van der Waals surface area (Å²) in [5, 5.41) is 19.0. The monoisotopic (exact) mass is 328 g/mol. The summed E-state index contributed by atoms with van der Waals surface area (Å²) >= 11 is 0. The summed E-state index contributed by atoms with van der Waals surface area (Å²) in [6, 6.07) is 10.0. The first-order valence-corrected chi connectivity index (χ1v) is 7.69. The van der Waals surface area contributed by atoms with Crippen molar-refractivity contribution in [2.75, 3.05) is 13.2 Å². The number of carboxylic acids is 1. The molecule has 0 aliphatic carbocycles. The van der Waals surface area contributed by atoms with Crippen LogP contribution in [0.25, 0.3) is 12.2 Å². The summed E-state index contributed by atoms with van der Waals surface area (Å²) in [5.41, 5.74) is 1.92. The summed E-state index contributed by atoms with van der Waals surface area (Å²) in [4.78, 5) is 10.9. The molecule has 5 nitrogen and oxygen atoms in total. The largest absolute Gasteiger partial charge is 0.502 e. The Kier molecular flexibility index (Phi) is 5.84. The third-order valence-electron chi connectivity index (χ3n) is 3.29. The average Bonchev–Trinajstić information content (AvgIpc) is 2.57. The van der Waals surface area contributed by atoms with Gasteiger partial charge in [0, 0.05) is 0 Å². The molecule has 0 saturated carbocycles. The second-order valence-electron chi connectivity index (χ2n) is 4.99. The molecule has 0 aromatic heterocycles. The predicted molar refractivity (Wildman–Crippen MR) is 92.8 cm³/mol. The van der Waals surface area contributed by atoms with Crippen LogP contribution >= 0.6 is 0 Å². The number of aromatic hydroxyl groups is 1. The lowest BCUT2D eigenvalue weighted by Crippen LogP contribution is -1.97. The van der Waals surface area contributed by atoms with Gasteiger partial charge in [-0.05, 0) is 49.2 Å². The highest BCUT2D eigenvalue weighted by Crippen LogP contribution is 2.38. The second-order valence-corrected chi connectivity index (χ2v) is 4.99. The molecule has 2 aromatic rings. The first-order chi connectivity index (χ1) is 11.5. The predicted octanol–water partition coefficient (Wildman–Crippen LogP) is 4.06. The maximum absolute atomic E-state index is 10.9. The highest BCUT2D eigenvalue weighted by Gasteiger charge is 2.11. The zero-order valence-electron chi connectivity index (χ0n) is 13.7. The number of aromatic carboxylic acids is 1. The normalized spacial score (nSPS) is 10.8. The van der Waals surface area contributed by atoms with Crippen LogP contribution in [-0.2, 0) is 0 Å². The topological polar surface area (TPSA) is 76.0 Å². The van der Waals surface area contributed by atoms with E-state index in [1.165, 1.54) is 0 Å². The van der Waals surface area contributed by atoms with Crippen LogP contribution in [0, 0.1) is 0 Å². The molecule has 0 heterocycles. The standard InChI is InChI=1S/C19H20O5/c1-3-23-16-11-14(12-17(18(16)20)24-4-2)6-5-13-7-9-15(10-8-13)19(21)22/h5-12,20H,3-4H2,1-2H3,(H,21,22). The summed E-state index contributed by atoms with van der Waals surface area (Å²) in [6.45, 7) is 4.55. The highest BCUT2D eigenvalue weighted by molar-refractivity contribution is 5.88. The molecule has 0 fully saturated rings. The van der Waals surface area contributed by atoms with Crippen LogP contribution in [-0.4, -0.2) is 29.4 Å². The zero-order valence-corrected chi connectivity index (χ0v) is 13.7. The van der Waals surface area contributed by atoms with E-state index in [2.05, 4.69) is 0 Å². The molecule has 0 aliphatic heterocycles. The molecule has 24 heavy (non-hydrogen) atoms. The molecule has 126 valence electrons. The molecule has 2 aromatic carbocycles. The lowest BCUT2D eigenvalue weighted by atomic mass is 10.1. The first kappa shape index (κ1) is 17.4. The van der Waals surface area contributed by atoms with Gasteiger partial charge in [0.15, 0.2) is 11.5 Å². The minimum Gasteiger partial charge on any atom is -0.502 e. The number of phenols is 1. The van der Waals surface area contributed by atoms with E-state index in [0.717, 1.165) is 11.1 Å². The van der Waals surface area contributed by atoms with Gasteiger partial charge in [-0.25, -0.2) is 4.79 Å². The van der Waals surface area contributed by atoms with Gasteiger partial charge in [0.2, 0.25) is 5.75 Å². The van der Waals surface area contributed by atoms with Gasteiger partial charge in [0.1, 0.15) is 0 Å². The molecular weight excluding hydrogens is 308 g/mol. The molecule has 0 saturated heterocycles. The number of ether oxygens (including phenoxy) is 2. The Morgan fingerprint density at radius 1 is 0.958 bits per heavy atom. The lowest BCUT2D eigenvalue weighted by molar-refractivity contribution is 0.0697. The molecular formula is C19H20O5. The number of phenolic OH excluding ortho intramolecular Hbond substituents is 1. The van der Waals surface area contributed by atoms with Crippen LogP contribution in [0.3, 0.4) is 0 Å². The number of carbonyl (C=O) groups is 1. The van der Waals surface area contributed by atoms with Gasteiger partial charge >= 0.3 is 5.97 Å². The van der Waals surface area contributed by atoms with E-state index in [4.69, 9.17) is 14.6 Å². The van der Waals surface area contributed by atoms with Gasteiger partial charge in [-0.15, -0.1) is 0 Å². The minimum atomic E-state index is -0.952. The van der Waals surface area contributed by atoms with Crippen molar-refractivity contribution >= 4 is 18.1 Å². The molecule has 0 spiro atoms. The van der Waals surface area contributed by atoms with Gasteiger partial charge in [-0.1, -0.05) is 24.3 Å². The van der Waals surface area contributed by atoms with Crippen molar-refractivity contribution in [3.63, 3.8) is 0 Å². The fraction of sp³-hybridized carbons (Fsp3) is 0.211. The Balaban J connectivity index is 2.28. The SMILES string of the molecule is CCOc1cc(C=Cc2ccc(C(=O)O)cc2)cc(OCC)c1O. The van der Waals surface area contributed by atoms with Gasteiger partial charge in [0.05, 0.1) is 18.8 Å². The van der Waals surface area contributed by atoms with Crippen LogP contribution in [0.4, 0.5) is 0 Å². The third-order valence-corrected chi connectivity index (χ3v) is 3.29. The van der Waals surface area contributed by atoms with E-state index in [1.54, 1.807) is 36.4 Å². The third kappa shape index (κ3) is 4.29. The fourth-order valence-corrected chi connectivity index (χ4v) is 2.16. The number of carboxylic acid groups (broad SMARTS) is 1.